The van der Waals surface area contributed by atoms with Gasteiger partial charge in [-0.2, -0.15) is 0 Å². The predicted octanol–water partition coefficient (Wildman–Crippen LogP) is 5.25. The molecule has 4 nitrogen and oxygen atoms in total. The third-order valence-electron chi connectivity index (χ3n) is 4.96. The van der Waals surface area contributed by atoms with Gasteiger partial charge in [0.05, 0.1) is 11.4 Å². The van der Waals surface area contributed by atoms with Gasteiger partial charge >= 0.3 is 0 Å². The highest BCUT2D eigenvalue weighted by Crippen LogP contribution is 2.26. The van der Waals surface area contributed by atoms with Crippen molar-refractivity contribution in [2.75, 3.05) is 6.54 Å². The Hall–Kier alpha value is -3.15. The molecule has 0 fully saturated rings. The highest BCUT2D eigenvalue weighted by molar-refractivity contribution is 7.89. The second kappa shape index (κ2) is 8.69. The third-order valence-corrected chi connectivity index (χ3v) is 6.40. The zero-order chi connectivity index (χ0) is 21.0. The standard InChI is InChI=1S/C25H23NO3S/c1-19-11-15-24(16-12-19)30(27,28)26-18-25(21-8-3-2-4-9-21)29-23-14-13-20-7-5-6-10-22(20)17-23/h2-17,25-26H,18H2,1H3. The van der Waals surface area contributed by atoms with Crippen LogP contribution in [0.3, 0.4) is 0 Å². The quantitative estimate of drug-likeness (QED) is 0.447. The van der Waals surface area contributed by atoms with E-state index in [4.69, 9.17) is 4.74 Å². The monoisotopic (exact) mass is 417 g/mol. The molecule has 0 amide bonds. The summed E-state index contributed by atoms with van der Waals surface area (Å²) in [6.45, 7) is 2.04. The molecule has 4 rings (SSSR count). The number of fused-ring (bicyclic) bond motifs is 1. The van der Waals surface area contributed by atoms with E-state index in [1.165, 1.54) is 0 Å². The summed E-state index contributed by atoms with van der Waals surface area (Å²) in [7, 11) is -3.64. The first-order chi connectivity index (χ1) is 14.5. The Morgan fingerprint density at radius 2 is 1.47 bits per heavy atom. The van der Waals surface area contributed by atoms with Crippen LogP contribution in [0.5, 0.6) is 5.75 Å². The molecular weight excluding hydrogens is 394 g/mol. The van der Waals surface area contributed by atoms with Crippen LogP contribution in [0.25, 0.3) is 10.8 Å². The highest BCUT2D eigenvalue weighted by Gasteiger charge is 2.19. The topological polar surface area (TPSA) is 55.4 Å². The molecule has 0 bridgehead atoms. The molecule has 0 aliphatic rings. The van der Waals surface area contributed by atoms with Crippen molar-refractivity contribution in [1.29, 1.82) is 0 Å². The summed E-state index contributed by atoms with van der Waals surface area (Å²) in [6.07, 6.45) is -0.465. The van der Waals surface area contributed by atoms with Crippen molar-refractivity contribution in [2.45, 2.75) is 17.9 Å². The van der Waals surface area contributed by atoms with E-state index in [9.17, 15) is 8.42 Å². The largest absolute Gasteiger partial charge is 0.484 e. The summed E-state index contributed by atoms with van der Waals surface area (Å²) in [5, 5.41) is 2.20. The van der Waals surface area contributed by atoms with Crippen LogP contribution in [0.2, 0.25) is 0 Å². The lowest BCUT2D eigenvalue weighted by atomic mass is 10.1. The SMILES string of the molecule is Cc1ccc(S(=O)(=O)NCC(Oc2ccc3ccccc3c2)c2ccccc2)cc1. The molecule has 0 spiro atoms. The Kier molecular flexibility index (Phi) is 5.84. The van der Waals surface area contributed by atoms with Crippen LogP contribution in [0, 0.1) is 6.92 Å². The maximum atomic E-state index is 12.7. The van der Waals surface area contributed by atoms with Crippen LogP contribution in [0.15, 0.2) is 102 Å². The van der Waals surface area contributed by atoms with E-state index in [1.807, 2.05) is 79.7 Å². The summed E-state index contributed by atoms with van der Waals surface area (Å²) < 4.78 is 34.4. The Labute approximate surface area is 177 Å². The molecule has 1 atom stereocenters. The maximum Gasteiger partial charge on any atom is 0.240 e. The van der Waals surface area contributed by atoms with Crippen LogP contribution in [-0.4, -0.2) is 15.0 Å². The molecule has 0 radical (unpaired) electrons. The van der Waals surface area contributed by atoms with Crippen molar-refractivity contribution in [2.24, 2.45) is 0 Å². The molecule has 0 heterocycles. The Morgan fingerprint density at radius 1 is 0.800 bits per heavy atom. The van der Waals surface area contributed by atoms with Crippen LogP contribution in [0.4, 0.5) is 0 Å². The van der Waals surface area contributed by atoms with Gasteiger partial charge in [-0.15, -0.1) is 0 Å². The first-order valence-electron chi connectivity index (χ1n) is 9.78. The average molecular weight is 418 g/mol. The number of aryl methyl sites for hydroxylation is 1. The third kappa shape index (κ3) is 4.70. The minimum Gasteiger partial charge on any atom is -0.484 e. The fourth-order valence-electron chi connectivity index (χ4n) is 3.29. The van der Waals surface area contributed by atoms with Crippen molar-refractivity contribution in [1.82, 2.24) is 4.72 Å². The Morgan fingerprint density at radius 3 is 2.20 bits per heavy atom. The van der Waals surface area contributed by atoms with Gasteiger partial charge in [0, 0.05) is 0 Å². The molecule has 152 valence electrons. The second-order valence-corrected chi connectivity index (χ2v) is 8.96. The van der Waals surface area contributed by atoms with Gasteiger partial charge in [-0.05, 0) is 47.5 Å². The first kappa shape index (κ1) is 20.1. The number of hydrogen-bond donors (Lipinski definition) is 1. The lowest BCUT2D eigenvalue weighted by Crippen LogP contribution is -2.30. The van der Waals surface area contributed by atoms with Crippen molar-refractivity contribution in [3.8, 4) is 5.75 Å². The number of ether oxygens (including phenoxy) is 1. The summed E-state index contributed by atoms with van der Waals surface area (Å²) >= 11 is 0. The summed E-state index contributed by atoms with van der Waals surface area (Å²) in [5.74, 6) is 0.692. The van der Waals surface area contributed by atoms with E-state index < -0.39 is 16.1 Å². The number of hydrogen-bond acceptors (Lipinski definition) is 3. The minimum absolute atomic E-state index is 0.118. The molecule has 0 aliphatic carbocycles. The zero-order valence-corrected chi connectivity index (χ0v) is 17.5. The van der Waals surface area contributed by atoms with Gasteiger partial charge in [0.2, 0.25) is 10.0 Å². The number of nitrogens with one attached hydrogen (secondary N) is 1. The van der Waals surface area contributed by atoms with E-state index >= 15 is 0 Å². The maximum absolute atomic E-state index is 12.7. The molecule has 4 aromatic rings. The molecule has 0 saturated carbocycles. The predicted molar refractivity (Wildman–Crippen MR) is 120 cm³/mol. The van der Waals surface area contributed by atoms with Gasteiger partial charge in [-0.25, -0.2) is 13.1 Å². The van der Waals surface area contributed by atoms with E-state index in [-0.39, 0.29) is 11.4 Å². The van der Waals surface area contributed by atoms with Gasteiger partial charge in [0.1, 0.15) is 11.9 Å². The van der Waals surface area contributed by atoms with E-state index in [0.717, 1.165) is 21.9 Å². The molecule has 1 unspecified atom stereocenters. The summed E-state index contributed by atoms with van der Waals surface area (Å²) in [4.78, 5) is 0.241. The summed E-state index contributed by atoms with van der Waals surface area (Å²) in [6, 6.07) is 30.4. The lowest BCUT2D eigenvalue weighted by molar-refractivity contribution is 0.209. The van der Waals surface area contributed by atoms with Gasteiger partial charge in [-0.1, -0.05) is 78.4 Å². The zero-order valence-electron chi connectivity index (χ0n) is 16.7. The normalized spacial score (nSPS) is 12.6. The average Bonchev–Trinajstić information content (AvgIpc) is 2.77. The minimum atomic E-state index is -3.64. The first-order valence-corrected chi connectivity index (χ1v) is 11.3. The fraction of sp³-hybridized carbons (Fsp3) is 0.120. The number of benzene rings is 4. The molecule has 5 heteroatoms. The van der Waals surface area contributed by atoms with E-state index in [0.29, 0.717) is 5.75 Å². The smallest absolute Gasteiger partial charge is 0.240 e. The van der Waals surface area contributed by atoms with Gasteiger partial charge in [0.25, 0.3) is 0 Å². The number of sulfonamides is 1. The second-order valence-electron chi connectivity index (χ2n) is 7.19. The van der Waals surface area contributed by atoms with E-state index in [1.54, 1.807) is 24.3 Å². The molecular formula is C25H23NO3S. The van der Waals surface area contributed by atoms with Gasteiger partial charge in [0.15, 0.2) is 0 Å². The fourth-order valence-corrected chi connectivity index (χ4v) is 4.32. The van der Waals surface area contributed by atoms with Gasteiger partial charge < -0.3 is 4.74 Å². The van der Waals surface area contributed by atoms with Crippen LogP contribution in [0.1, 0.15) is 17.2 Å². The molecule has 1 N–H and O–H groups in total. The molecule has 4 aromatic carbocycles. The van der Waals surface area contributed by atoms with Crippen LogP contribution in [-0.2, 0) is 10.0 Å². The number of rotatable bonds is 7. The van der Waals surface area contributed by atoms with Crippen molar-refractivity contribution in [3.63, 3.8) is 0 Å². The van der Waals surface area contributed by atoms with Gasteiger partial charge in [-0.3, -0.25) is 0 Å². The lowest BCUT2D eigenvalue weighted by Gasteiger charge is -2.20. The van der Waals surface area contributed by atoms with E-state index in [2.05, 4.69) is 4.72 Å². The van der Waals surface area contributed by atoms with Crippen molar-refractivity contribution in [3.05, 3.63) is 108 Å². The van der Waals surface area contributed by atoms with Crippen molar-refractivity contribution >= 4 is 20.8 Å². The Bertz CT molecular complexity index is 1240. The molecule has 0 aromatic heterocycles. The summed E-state index contributed by atoms with van der Waals surface area (Å²) in [5.41, 5.74) is 1.91. The highest BCUT2D eigenvalue weighted by atomic mass is 32.2. The van der Waals surface area contributed by atoms with Crippen molar-refractivity contribution < 1.29 is 13.2 Å². The van der Waals surface area contributed by atoms with Crippen LogP contribution < -0.4 is 9.46 Å². The van der Waals surface area contributed by atoms with Crippen LogP contribution >= 0.6 is 0 Å². The Balaban J connectivity index is 1.57. The molecule has 0 saturated heterocycles. The molecule has 0 aliphatic heterocycles. The molecule has 30 heavy (non-hydrogen) atoms.